The van der Waals surface area contributed by atoms with Crippen molar-refractivity contribution >= 4 is 27.4 Å². The van der Waals surface area contributed by atoms with Crippen molar-refractivity contribution in [3.63, 3.8) is 0 Å². The first kappa shape index (κ1) is 15.0. The third-order valence-corrected chi connectivity index (χ3v) is 4.23. The van der Waals surface area contributed by atoms with E-state index < -0.39 is 10.0 Å². The number of aromatic nitrogens is 1. The highest BCUT2D eigenvalue weighted by atomic mass is 32.2. The molecule has 2 aromatic rings. The lowest BCUT2D eigenvalue weighted by Gasteiger charge is -2.07. The summed E-state index contributed by atoms with van der Waals surface area (Å²) in [7, 11) is -3.75. The molecule has 0 spiro atoms. The summed E-state index contributed by atoms with van der Waals surface area (Å²) in [5, 5.41) is 6.22. The lowest BCUT2D eigenvalue weighted by atomic mass is 10.3. The fourth-order valence-electron chi connectivity index (χ4n) is 1.62. The van der Waals surface area contributed by atoms with Crippen molar-refractivity contribution in [3.05, 3.63) is 35.6 Å². The summed E-state index contributed by atoms with van der Waals surface area (Å²) < 4.78 is 31.7. The number of carbonyl (C=O) groups excluding carboxylic acids is 1. The Kier molecular flexibility index (Phi) is 3.99. The van der Waals surface area contributed by atoms with Crippen LogP contribution >= 0.6 is 0 Å². The average Bonchev–Trinajstić information content (AvgIpc) is 2.70. The largest absolute Gasteiger partial charge is 0.359 e. The summed E-state index contributed by atoms with van der Waals surface area (Å²) >= 11 is 0. The molecule has 0 fully saturated rings. The molecule has 2 N–H and O–H groups in total. The molecule has 0 atom stereocenters. The summed E-state index contributed by atoms with van der Waals surface area (Å²) in [6.07, 6.45) is 0. The maximum atomic E-state index is 12.2. The molecule has 1 aromatic carbocycles. The Hall–Kier alpha value is -2.35. The van der Waals surface area contributed by atoms with Crippen molar-refractivity contribution in [3.8, 4) is 0 Å². The van der Waals surface area contributed by atoms with Crippen LogP contribution < -0.4 is 10.0 Å². The van der Waals surface area contributed by atoms with E-state index in [-0.39, 0.29) is 16.6 Å². The Morgan fingerprint density at radius 1 is 1.19 bits per heavy atom. The highest BCUT2D eigenvalue weighted by Crippen LogP contribution is 2.21. The van der Waals surface area contributed by atoms with Gasteiger partial charge in [0.05, 0.1) is 4.90 Å². The predicted molar refractivity (Wildman–Crippen MR) is 77.5 cm³/mol. The molecule has 0 unspecified atom stereocenters. The molecule has 2 rings (SSSR count). The number of aryl methyl sites for hydroxylation is 1. The number of nitrogens with zero attached hydrogens (tertiary/aromatic N) is 1. The first-order valence-corrected chi connectivity index (χ1v) is 7.61. The Morgan fingerprint density at radius 3 is 2.29 bits per heavy atom. The van der Waals surface area contributed by atoms with Gasteiger partial charge in [-0.25, -0.2) is 8.42 Å². The molecule has 1 heterocycles. The van der Waals surface area contributed by atoms with Crippen molar-refractivity contribution < 1.29 is 17.7 Å². The summed E-state index contributed by atoms with van der Waals surface area (Å²) in [6, 6.07) is 5.82. The van der Waals surface area contributed by atoms with Crippen LogP contribution in [-0.4, -0.2) is 19.5 Å². The van der Waals surface area contributed by atoms with E-state index in [9.17, 15) is 13.2 Å². The van der Waals surface area contributed by atoms with Crippen LogP contribution in [0.2, 0.25) is 0 Å². The number of carbonyl (C=O) groups is 1. The molecule has 1 aromatic heterocycles. The Bertz CT molecular complexity index is 763. The minimum absolute atomic E-state index is 0.0663. The van der Waals surface area contributed by atoms with Gasteiger partial charge in [-0.2, -0.15) is 0 Å². The zero-order valence-electron chi connectivity index (χ0n) is 11.8. The first-order valence-electron chi connectivity index (χ1n) is 6.13. The minimum atomic E-state index is -3.75. The second kappa shape index (κ2) is 5.57. The normalized spacial score (nSPS) is 11.2. The van der Waals surface area contributed by atoms with Crippen LogP contribution in [-0.2, 0) is 14.8 Å². The molecule has 7 nitrogen and oxygen atoms in total. The molecule has 0 aliphatic carbocycles. The van der Waals surface area contributed by atoms with Crippen LogP contribution in [0.25, 0.3) is 0 Å². The van der Waals surface area contributed by atoms with Crippen molar-refractivity contribution in [2.75, 3.05) is 10.0 Å². The van der Waals surface area contributed by atoms with Gasteiger partial charge in [0.2, 0.25) is 5.91 Å². The van der Waals surface area contributed by atoms with Crippen LogP contribution in [0.3, 0.4) is 0 Å². The van der Waals surface area contributed by atoms with E-state index in [0.717, 1.165) is 0 Å². The van der Waals surface area contributed by atoms with E-state index in [0.29, 0.717) is 17.0 Å². The maximum Gasteiger partial charge on any atom is 0.263 e. The zero-order chi connectivity index (χ0) is 15.6. The molecule has 0 aliphatic heterocycles. The van der Waals surface area contributed by atoms with Gasteiger partial charge in [0.1, 0.15) is 5.76 Å². The molecule has 1 amide bonds. The SMILES string of the molecule is CC(=O)Nc1ccc(S(=O)(=O)Nc2noc(C)c2C)cc1. The third-order valence-electron chi connectivity index (χ3n) is 2.87. The molecule has 112 valence electrons. The lowest BCUT2D eigenvalue weighted by Crippen LogP contribution is -2.14. The average molecular weight is 309 g/mol. The highest BCUT2D eigenvalue weighted by Gasteiger charge is 2.18. The van der Waals surface area contributed by atoms with Crippen molar-refractivity contribution in [2.24, 2.45) is 0 Å². The highest BCUT2D eigenvalue weighted by molar-refractivity contribution is 7.92. The van der Waals surface area contributed by atoms with Gasteiger partial charge >= 0.3 is 0 Å². The van der Waals surface area contributed by atoms with Crippen LogP contribution in [0.1, 0.15) is 18.2 Å². The molecule has 0 saturated heterocycles. The number of anilines is 2. The number of amides is 1. The Morgan fingerprint density at radius 2 is 1.81 bits per heavy atom. The second-order valence-corrected chi connectivity index (χ2v) is 6.21. The second-order valence-electron chi connectivity index (χ2n) is 4.52. The molecular formula is C13H15N3O4S. The molecule has 0 aliphatic rings. The van der Waals surface area contributed by atoms with Gasteiger partial charge in [-0.3, -0.25) is 9.52 Å². The first-order chi connectivity index (χ1) is 9.79. The number of nitrogens with one attached hydrogen (secondary N) is 2. The number of hydrogen-bond acceptors (Lipinski definition) is 5. The summed E-state index contributed by atoms with van der Waals surface area (Å²) in [6.45, 7) is 4.79. The van der Waals surface area contributed by atoms with Gasteiger partial charge < -0.3 is 9.84 Å². The van der Waals surface area contributed by atoms with E-state index in [2.05, 4.69) is 15.2 Å². The zero-order valence-corrected chi connectivity index (χ0v) is 12.6. The van der Waals surface area contributed by atoms with Crippen LogP contribution in [0, 0.1) is 13.8 Å². The Labute approximate surface area is 122 Å². The summed E-state index contributed by atoms with van der Waals surface area (Å²) in [4.78, 5) is 11.0. The molecule has 0 bridgehead atoms. The van der Waals surface area contributed by atoms with Crippen molar-refractivity contribution in [1.82, 2.24) is 5.16 Å². The van der Waals surface area contributed by atoms with Gasteiger partial charge in [0, 0.05) is 18.2 Å². The van der Waals surface area contributed by atoms with E-state index >= 15 is 0 Å². The van der Waals surface area contributed by atoms with Gasteiger partial charge in [-0.05, 0) is 38.1 Å². The monoisotopic (exact) mass is 309 g/mol. The number of benzene rings is 1. The van der Waals surface area contributed by atoms with Crippen LogP contribution in [0.15, 0.2) is 33.7 Å². The number of rotatable bonds is 4. The van der Waals surface area contributed by atoms with Crippen molar-refractivity contribution in [1.29, 1.82) is 0 Å². The molecule has 0 radical (unpaired) electrons. The standard InChI is InChI=1S/C13H15N3O4S/c1-8-9(2)20-15-13(8)16-21(18,19)12-6-4-11(5-7-12)14-10(3)17/h4-7H,1-3H3,(H,14,17)(H,15,16). The smallest absolute Gasteiger partial charge is 0.263 e. The van der Waals surface area contributed by atoms with Gasteiger partial charge in [-0.15, -0.1) is 0 Å². The molecule has 8 heteroatoms. The fourth-order valence-corrected chi connectivity index (χ4v) is 2.68. The lowest BCUT2D eigenvalue weighted by molar-refractivity contribution is -0.114. The summed E-state index contributed by atoms with van der Waals surface area (Å²) in [5.74, 6) is 0.490. The minimum Gasteiger partial charge on any atom is -0.359 e. The van der Waals surface area contributed by atoms with Gasteiger partial charge in [0.15, 0.2) is 5.82 Å². The van der Waals surface area contributed by atoms with Gasteiger partial charge in [0.25, 0.3) is 10.0 Å². The topological polar surface area (TPSA) is 101 Å². The van der Waals surface area contributed by atoms with E-state index in [4.69, 9.17) is 4.52 Å². The fraction of sp³-hybridized carbons (Fsp3) is 0.231. The number of sulfonamides is 1. The van der Waals surface area contributed by atoms with Crippen LogP contribution in [0.4, 0.5) is 11.5 Å². The van der Waals surface area contributed by atoms with Crippen LogP contribution in [0.5, 0.6) is 0 Å². The van der Waals surface area contributed by atoms with Gasteiger partial charge in [-0.1, -0.05) is 5.16 Å². The quantitative estimate of drug-likeness (QED) is 0.900. The molecular weight excluding hydrogens is 294 g/mol. The predicted octanol–water partition coefficient (Wildman–Crippen LogP) is 2.05. The molecule has 0 saturated carbocycles. The van der Waals surface area contributed by atoms with E-state index in [1.54, 1.807) is 13.8 Å². The summed E-state index contributed by atoms with van der Waals surface area (Å²) in [5.41, 5.74) is 1.16. The maximum absolute atomic E-state index is 12.2. The number of hydrogen-bond donors (Lipinski definition) is 2. The van der Waals surface area contributed by atoms with E-state index in [1.807, 2.05) is 0 Å². The third kappa shape index (κ3) is 3.40. The van der Waals surface area contributed by atoms with Crippen molar-refractivity contribution in [2.45, 2.75) is 25.7 Å². The molecule has 21 heavy (non-hydrogen) atoms. The Balaban J connectivity index is 2.23. The van der Waals surface area contributed by atoms with E-state index in [1.165, 1.54) is 31.2 Å².